The summed E-state index contributed by atoms with van der Waals surface area (Å²) in [6, 6.07) is 11.8. The Labute approximate surface area is 208 Å². The average Bonchev–Trinajstić information content (AvgIpc) is 3.24. The maximum atomic E-state index is 14.7. The molecule has 0 radical (unpaired) electrons. The average molecular weight is 495 g/mol. The second-order valence-corrected chi connectivity index (χ2v) is 9.78. The fourth-order valence-corrected chi connectivity index (χ4v) is 4.68. The second-order valence-electron chi connectivity index (χ2n) is 9.37. The van der Waals surface area contributed by atoms with Crippen LogP contribution in [0.25, 0.3) is 17.0 Å². The van der Waals surface area contributed by atoms with Crippen LogP contribution in [0.4, 0.5) is 10.3 Å². The highest BCUT2D eigenvalue weighted by Crippen LogP contribution is 2.32. The lowest BCUT2D eigenvalue weighted by atomic mass is 9.87. The van der Waals surface area contributed by atoms with Gasteiger partial charge in [0.05, 0.1) is 35.3 Å². The third-order valence-electron chi connectivity index (χ3n) is 6.71. The van der Waals surface area contributed by atoms with Gasteiger partial charge < -0.3 is 15.3 Å². The van der Waals surface area contributed by atoms with Crippen molar-refractivity contribution >= 4 is 23.2 Å². The van der Waals surface area contributed by atoms with E-state index in [0.717, 1.165) is 30.4 Å². The Balaban J connectivity index is 1.30. The molecular weight excluding hydrogens is 467 g/mol. The molecule has 7 nitrogen and oxygen atoms in total. The Kier molecular flexibility index (Phi) is 6.44. The topological polar surface area (TPSA) is 78.6 Å². The van der Waals surface area contributed by atoms with Gasteiger partial charge in [0, 0.05) is 31.2 Å². The van der Waals surface area contributed by atoms with Crippen LogP contribution in [0.3, 0.4) is 0 Å². The van der Waals surface area contributed by atoms with Crippen LogP contribution in [0.5, 0.6) is 0 Å². The number of halogens is 2. The van der Waals surface area contributed by atoms with Crippen molar-refractivity contribution in [3.63, 3.8) is 0 Å². The fraction of sp³-hybridized carbons (Fsp3) is 0.346. The Hall–Kier alpha value is -3.07. The van der Waals surface area contributed by atoms with E-state index in [1.54, 1.807) is 28.9 Å². The fourth-order valence-electron chi connectivity index (χ4n) is 4.47. The zero-order valence-corrected chi connectivity index (χ0v) is 20.6. The molecule has 1 aromatic carbocycles. The SMILES string of the molecule is CC(C)N1CC(C(O)c2ccc([C@H](C)Nc3ncc(F)c(-c4cnc5c(Cl)cccn45)n3)cc2)C1. The second kappa shape index (κ2) is 9.53. The number of imidazole rings is 1. The summed E-state index contributed by atoms with van der Waals surface area (Å²) in [5.74, 6) is 0.0212. The summed E-state index contributed by atoms with van der Waals surface area (Å²) in [5.41, 5.74) is 3.09. The van der Waals surface area contributed by atoms with E-state index in [1.165, 1.54) is 0 Å². The smallest absolute Gasteiger partial charge is 0.223 e. The number of benzene rings is 1. The van der Waals surface area contributed by atoms with E-state index in [0.29, 0.717) is 28.4 Å². The van der Waals surface area contributed by atoms with Crippen molar-refractivity contribution in [2.45, 2.75) is 39.0 Å². The highest BCUT2D eigenvalue weighted by molar-refractivity contribution is 6.33. The van der Waals surface area contributed by atoms with Crippen molar-refractivity contribution in [2.75, 3.05) is 18.4 Å². The Bertz CT molecular complexity index is 1340. The number of anilines is 1. The molecule has 4 heterocycles. The zero-order chi connectivity index (χ0) is 24.7. The maximum Gasteiger partial charge on any atom is 0.223 e. The molecule has 1 saturated heterocycles. The van der Waals surface area contributed by atoms with Crippen LogP contribution in [0, 0.1) is 11.7 Å². The quantitative estimate of drug-likeness (QED) is 0.371. The third-order valence-corrected chi connectivity index (χ3v) is 7.01. The number of hydrogen-bond donors (Lipinski definition) is 2. The molecule has 2 atom stereocenters. The number of aromatic nitrogens is 4. The lowest BCUT2D eigenvalue weighted by Crippen LogP contribution is -2.52. The number of pyridine rings is 1. The van der Waals surface area contributed by atoms with Gasteiger partial charge in [0.25, 0.3) is 0 Å². The van der Waals surface area contributed by atoms with Crippen molar-refractivity contribution < 1.29 is 9.50 Å². The molecule has 0 amide bonds. The van der Waals surface area contributed by atoms with Crippen molar-refractivity contribution in [3.8, 4) is 11.4 Å². The van der Waals surface area contributed by atoms with Crippen LogP contribution in [0.1, 0.15) is 44.0 Å². The highest BCUT2D eigenvalue weighted by Gasteiger charge is 2.34. The Morgan fingerprint density at radius 2 is 1.77 bits per heavy atom. The van der Waals surface area contributed by atoms with Crippen molar-refractivity contribution in [1.82, 2.24) is 24.3 Å². The van der Waals surface area contributed by atoms with Crippen molar-refractivity contribution in [3.05, 3.63) is 77.0 Å². The van der Waals surface area contributed by atoms with E-state index in [4.69, 9.17) is 11.6 Å². The predicted molar refractivity (Wildman–Crippen MR) is 135 cm³/mol. The number of likely N-dealkylation sites (tertiary alicyclic amines) is 1. The largest absolute Gasteiger partial charge is 0.388 e. The Morgan fingerprint density at radius 3 is 2.49 bits per heavy atom. The van der Waals surface area contributed by atoms with Crippen LogP contribution in [0.2, 0.25) is 5.02 Å². The molecule has 1 fully saturated rings. The lowest BCUT2D eigenvalue weighted by molar-refractivity contribution is -0.0206. The molecule has 0 aliphatic carbocycles. The summed E-state index contributed by atoms with van der Waals surface area (Å²) >= 11 is 6.20. The van der Waals surface area contributed by atoms with E-state index in [2.05, 4.69) is 39.0 Å². The van der Waals surface area contributed by atoms with Gasteiger partial charge in [-0.3, -0.25) is 4.40 Å². The molecule has 4 aromatic rings. The minimum atomic E-state index is -0.546. The number of nitrogens with one attached hydrogen (secondary N) is 1. The van der Waals surface area contributed by atoms with E-state index in [-0.39, 0.29) is 17.7 Å². The molecule has 3 aromatic heterocycles. The number of aliphatic hydroxyl groups is 1. The molecule has 5 rings (SSSR count). The van der Waals surface area contributed by atoms with Crippen LogP contribution in [0.15, 0.2) is 55.0 Å². The van der Waals surface area contributed by atoms with Gasteiger partial charge in [-0.15, -0.1) is 0 Å². The first-order valence-electron chi connectivity index (χ1n) is 11.7. The third kappa shape index (κ3) is 4.61. The van der Waals surface area contributed by atoms with Gasteiger partial charge in [0.2, 0.25) is 5.95 Å². The summed E-state index contributed by atoms with van der Waals surface area (Å²) in [6.07, 6.45) is 4.00. The first-order valence-corrected chi connectivity index (χ1v) is 12.1. The number of nitrogens with zero attached hydrogens (tertiary/aromatic N) is 5. The lowest BCUT2D eigenvalue weighted by Gasteiger charge is -2.44. The summed E-state index contributed by atoms with van der Waals surface area (Å²) in [4.78, 5) is 15.2. The minimum Gasteiger partial charge on any atom is -0.388 e. The van der Waals surface area contributed by atoms with Crippen LogP contribution < -0.4 is 5.32 Å². The molecule has 35 heavy (non-hydrogen) atoms. The van der Waals surface area contributed by atoms with Crippen LogP contribution in [-0.2, 0) is 0 Å². The van der Waals surface area contributed by atoms with Gasteiger partial charge in [-0.1, -0.05) is 35.9 Å². The maximum absolute atomic E-state index is 14.7. The first kappa shape index (κ1) is 23.7. The molecule has 0 saturated carbocycles. The highest BCUT2D eigenvalue weighted by atomic mass is 35.5. The van der Waals surface area contributed by atoms with E-state index in [1.807, 2.05) is 31.2 Å². The molecule has 1 aliphatic heterocycles. The van der Waals surface area contributed by atoms with Gasteiger partial charge in [0.1, 0.15) is 5.69 Å². The number of aliphatic hydroxyl groups excluding tert-OH is 1. The predicted octanol–water partition coefficient (Wildman–Crippen LogP) is 5.13. The van der Waals surface area contributed by atoms with Crippen molar-refractivity contribution in [1.29, 1.82) is 0 Å². The molecular formula is C26H28ClFN6O. The summed E-state index contributed by atoms with van der Waals surface area (Å²) in [6.45, 7) is 8.17. The van der Waals surface area contributed by atoms with Crippen LogP contribution >= 0.6 is 11.6 Å². The summed E-state index contributed by atoms with van der Waals surface area (Å²) in [7, 11) is 0. The van der Waals surface area contributed by atoms with Crippen molar-refractivity contribution in [2.24, 2.45) is 5.92 Å². The van der Waals surface area contributed by atoms with Gasteiger partial charge in [-0.2, -0.15) is 0 Å². The number of hydrogen-bond acceptors (Lipinski definition) is 6. The molecule has 1 aliphatic rings. The minimum absolute atomic E-state index is 0.128. The number of fused-ring (bicyclic) bond motifs is 1. The first-order chi connectivity index (χ1) is 16.8. The molecule has 0 bridgehead atoms. The molecule has 2 N–H and O–H groups in total. The molecule has 0 spiro atoms. The van der Waals surface area contributed by atoms with E-state index >= 15 is 0 Å². The van der Waals surface area contributed by atoms with E-state index < -0.39 is 11.9 Å². The molecule has 1 unspecified atom stereocenters. The normalized spacial score (nSPS) is 16.4. The zero-order valence-electron chi connectivity index (χ0n) is 19.9. The van der Waals surface area contributed by atoms with Gasteiger partial charge >= 0.3 is 0 Å². The van der Waals surface area contributed by atoms with Gasteiger partial charge in [-0.05, 0) is 44.0 Å². The van der Waals surface area contributed by atoms with Gasteiger partial charge in [0.15, 0.2) is 11.5 Å². The monoisotopic (exact) mass is 494 g/mol. The summed E-state index contributed by atoms with van der Waals surface area (Å²) in [5, 5.41) is 14.5. The Morgan fingerprint density at radius 1 is 1.06 bits per heavy atom. The molecule has 9 heteroatoms. The molecule has 182 valence electrons. The standard InChI is InChI=1S/C26H28ClFN6O/c1-15(2)33-13-19(14-33)24(35)18-8-6-17(7-9-18)16(3)31-26-30-11-21(28)23(32-26)22-12-29-25-20(27)5-4-10-34(22)25/h4-12,15-16,19,24,35H,13-14H2,1-3H3,(H,30,31,32)/t16-,24?/m0/s1. The number of rotatable bonds is 7. The van der Waals surface area contributed by atoms with Crippen LogP contribution in [-0.4, -0.2) is 48.5 Å². The summed E-state index contributed by atoms with van der Waals surface area (Å²) < 4.78 is 16.4. The van der Waals surface area contributed by atoms with E-state index in [9.17, 15) is 9.50 Å². The van der Waals surface area contributed by atoms with Gasteiger partial charge in [-0.25, -0.2) is 19.3 Å².